The van der Waals surface area contributed by atoms with Gasteiger partial charge in [0, 0.05) is 0 Å². The summed E-state index contributed by atoms with van der Waals surface area (Å²) >= 11 is 0. The van der Waals surface area contributed by atoms with Gasteiger partial charge in [0.15, 0.2) is 0 Å². The van der Waals surface area contributed by atoms with Crippen molar-refractivity contribution >= 4 is 25.0 Å². The Morgan fingerprint density at radius 2 is 1.38 bits per heavy atom. The third-order valence-electron chi connectivity index (χ3n) is 5.61. The van der Waals surface area contributed by atoms with Crippen molar-refractivity contribution in [2.75, 3.05) is 13.7 Å². The summed E-state index contributed by atoms with van der Waals surface area (Å²) in [5, 5.41) is 2.08. The van der Waals surface area contributed by atoms with Gasteiger partial charge < -0.3 is 18.7 Å². The molecule has 0 aliphatic heterocycles. The van der Waals surface area contributed by atoms with E-state index in [1.54, 1.807) is 7.11 Å². The molecule has 0 fully saturated rings. The summed E-state index contributed by atoms with van der Waals surface area (Å²) in [7, 11) is -1.16. The van der Waals surface area contributed by atoms with Crippen molar-refractivity contribution in [2.24, 2.45) is 0 Å². The van der Waals surface area contributed by atoms with E-state index >= 15 is 0 Å². The zero-order valence-corrected chi connectivity index (χ0v) is 20.3. The largest absolute Gasteiger partial charge is 0.497 e. The highest BCUT2D eigenvalue weighted by Crippen LogP contribution is 2.37. The van der Waals surface area contributed by atoms with Crippen LogP contribution in [-0.4, -0.2) is 34.4 Å². The minimum absolute atomic E-state index is 0.194. The molecule has 5 heteroatoms. The molecule has 0 heterocycles. The average Bonchev–Trinajstić information content (AvgIpc) is 2.82. The lowest BCUT2D eigenvalue weighted by molar-refractivity contribution is -0.116. The summed E-state index contributed by atoms with van der Waals surface area (Å²) in [6, 6.07) is 28.3. The van der Waals surface area contributed by atoms with E-state index in [-0.39, 0.29) is 11.6 Å². The fourth-order valence-corrected chi connectivity index (χ4v) is 8.63. The van der Waals surface area contributed by atoms with Crippen molar-refractivity contribution in [1.29, 1.82) is 0 Å². The lowest BCUT2D eigenvalue weighted by Gasteiger charge is -2.44. The summed E-state index contributed by atoms with van der Waals surface area (Å²) in [5.41, 5.74) is 1.01. The van der Waals surface area contributed by atoms with Crippen LogP contribution >= 0.6 is 0 Å². The molecule has 0 bridgehead atoms. The fourth-order valence-electron chi connectivity index (χ4n) is 4.03. The van der Waals surface area contributed by atoms with Crippen LogP contribution in [0.2, 0.25) is 5.04 Å². The molecule has 0 radical (unpaired) electrons. The second-order valence-corrected chi connectivity index (χ2v) is 13.1. The predicted molar refractivity (Wildman–Crippen MR) is 131 cm³/mol. The molecule has 0 aromatic heterocycles. The summed E-state index contributed by atoms with van der Waals surface area (Å²) in [4.78, 5) is 12.1. The quantitative estimate of drug-likeness (QED) is 0.342. The van der Waals surface area contributed by atoms with Crippen molar-refractivity contribution in [3.63, 3.8) is 0 Å². The van der Waals surface area contributed by atoms with Gasteiger partial charge in [0.25, 0.3) is 8.32 Å². The van der Waals surface area contributed by atoms with Gasteiger partial charge in [-0.1, -0.05) is 93.6 Å². The molecule has 4 nitrogen and oxygen atoms in total. The average molecular weight is 449 g/mol. The smallest absolute Gasteiger partial charge is 0.262 e. The number of carbonyl (C=O) groups excluding carboxylic acids is 1. The molecule has 3 aromatic carbocycles. The first-order valence-electron chi connectivity index (χ1n) is 10.9. The molecule has 3 rings (SSSR count). The molecular weight excluding hydrogens is 416 g/mol. The summed E-state index contributed by atoms with van der Waals surface area (Å²) in [6.07, 6.45) is 0.201. The molecule has 0 saturated heterocycles. The van der Waals surface area contributed by atoms with E-state index < -0.39 is 14.4 Å². The Morgan fingerprint density at radius 1 is 0.844 bits per heavy atom. The van der Waals surface area contributed by atoms with E-state index in [9.17, 15) is 4.79 Å². The van der Waals surface area contributed by atoms with Crippen LogP contribution in [-0.2, 0) is 20.6 Å². The Hall–Kier alpha value is -2.73. The molecule has 1 atom stereocenters. The van der Waals surface area contributed by atoms with Crippen molar-refractivity contribution in [3.8, 4) is 5.75 Å². The second-order valence-electron chi connectivity index (χ2n) is 8.82. The normalized spacial score (nSPS) is 12.9. The molecule has 0 N–H and O–H groups in total. The molecule has 0 saturated carbocycles. The van der Waals surface area contributed by atoms with E-state index in [1.807, 2.05) is 60.7 Å². The number of benzene rings is 3. The minimum Gasteiger partial charge on any atom is -0.497 e. The first-order chi connectivity index (χ1) is 15.4. The lowest BCUT2D eigenvalue weighted by Crippen LogP contribution is -2.68. The van der Waals surface area contributed by atoms with Crippen LogP contribution in [0.3, 0.4) is 0 Å². The van der Waals surface area contributed by atoms with E-state index in [2.05, 4.69) is 45.0 Å². The standard InChI is InChI=1S/C27H32O4Si/c1-27(2,3)32(25-11-7-5-8-12-25,26-13-9-6-10-14-26)31-24(19-28)21-30-20-22-15-17-23(29-4)18-16-22/h5-19,24H,20-21H2,1-4H3/t24-/m1/s1. The highest BCUT2D eigenvalue weighted by atomic mass is 28.4. The third kappa shape index (κ3) is 5.36. The van der Waals surface area contributed by atoms with Gasteiger partial charge in [0.05, 0.1) is 20.3 Å². The van der Waals surface area contributed by atoms with Gasteiger partial charge in [-0.15, -0.1) is 0 Å². The van der Waals surface area contributed by atoms with Crippen LogP contribution in [0.25, 0.3) is 0 Å². The first-order valence-corrected chi connectivity index (χ1v) is 12.8. The van der Waals surface area contributed by atoms with Gasteiger partial charge in [-0.2, -0.15) is 0 Å². The Kier molecular flexibility index (Phi) is 8.02. The van der Waals surface area contributed by atoms with Gasteiger partial charge in [0.2, 0.25) is 0 Å². The minimum atomic E-state index is -2.80. The Morgan fingerprint density at radius 3 is 1.81 bits per heavy atom. The van der Waals surface area contributed by atoms with E-state index in [0.29, 0.717) is 6.61 Å². The molecule has 0 unspecified atom stereocenters. The summed E-state index contributed by atoms with van der Waals surface area (Å²) in [5.74, 6) is 0.800. The second kappa shape index (κ2) is 10.7. The number of hydrogen-bond donors (Lipinski definition) is 0. The molecule has 0 aliphatic rings. The molecule has 32 heavy (non-hydrogen) atoms. The van der Waals surface area contributed by atoms with Crippen molar-refractivity contribution < 1.29 is 18.7 Å². The van der Waals surface area contributed by atoms with Crippen molar-refractivity contribution in [1.82, 2.24) is 0 Å². The fraction of sp³-hybridized carbons (Fsp3) is 0.296. The Labute approximate surface area is 192 Å². The molecule has 168 valence electrons. The van der Waals surface area contributed by atoms with Gasteiger partial charge in [-0.25, -0.2) is 0 Å². The van der Waals surface area contributed by atoms with E-state index in [4.69, 9.17) is 13.9 Å². The van der Waals surface area contributed by atoms with Crippen LogP contribution in [0, 0.1) is 0 Å². The van der Waals surface area contributed by atoms with Crippen LogP contribution in [0.5, 0.6) is 5.75 Å². The maximum Gasteiger partial charge on any atom is 0.262 e. The number of hydrogen-bond acceptors (Lipinski definition) is 4. The van der Waals surface area contributed by atoms with Gasteiger partial charge in [-0.3, -0.25) is 0 Å². The maximum absolute atomic E-state index is 12.1. The van der Waals surface area contributed by atoms with Crippen molar-refractivity contribution in [3.05, 3.63) is 90.5 Å². The Bertz CT molecular complexity index is 927. The van der Waals surface area contributed by atoms with Crippen LogP contribution in [0.1, 0.15) is 26.3 Å². The number of aldehydes is 1. The highest BCUT2D eigenvalue weighted by molar-refractivity contribution is 6.99. The number of rotatable bonds is 10. The van der Waals surface area contributed by atoms with Gasteiger partial charge >= 0.3 is 0 Å². The van der Waals surface area contributed by atoms with Crippen molar-refractivity contribution in [2.45, 2.75) is 38.5 Å². The Balaban J connectivity index is 1.86. The van der Waals surface area contributed by atoms with E-state index in [1.165, 1.54) is 0 Å². The van der Waals surface area contributed by atoms with E-state index in [0.717, 1.165) is 28.0 Å². The zero-order valence-electron chi connectivity index (χ0n) is 19.3. The highest BCUT2D eigenvalue weighted by Gasteiger charge is 2.51. The van der Waals surface area contributed by atoms with Crippen LogP contribution in [0.4, 0.5) is 0 Å². The molecule has 3 aromatic rings. The topological polar surface area (TPSA) is 44.8 Å². The number of carbonyl (C=O) groups is 1. The molecule has 0 amide bonds. The van der Waals surface area contributed by atoms with Gasteiger partial charge in [-0.05, 0) is 33.1 Å². The molecule has 0 spiro atoms. The third-order valence-corrected chi connectivity index (χ3v) is 10.7. The molecule has 0 aliphatic carbocycles. The van der Waals surface area contributed by atoms with Gasteiger partial charge in [0.1, 0.15) is 18.1 Å². The first kappa shape index (κ1) is 23.9. The van der Waals surface area contributed by atoms with Crippen LogP contribution in [0.15, 0.2) is 84.9 Å². The number of ether oxygens (including phenoxy) is 2. The lowest BCUT2D eigenvalue weighted by atomic mass is 10.2. The zero-order chi connectivity index (χ0) is 23.0. The number of methoxy groups -OCH3 is 1. The monoisotopic (exact) mass is 448 g/mol. The molecular formula is C27H32O4Si. The summed E-state index contributed by atoms with van der Waals surface area (Å²) in [6.45, 7) is 7.18. The summed E-state index contributed by atoms with van der Waals surface area (Å²) < 4.78 is 17.9. The van der Waals surface area contributed by atoms with Crippen LogP contribution < -0.4 is 15.1 Å². The maximum atomic E-state index is 12.1. The SMILES string of the molecule is COc1ccc(COC[C@@H](C=O)O[Si](c2ccccc2)(c2ccccc2)C(C)(C)C)cc1. The predicted octanol–water partition coefficient (Wildman–Crippen LogP) is 4.36.